The molecule has 1 aliphatic carbocycles. The van der Waals surface area contributed by atoms with E-state index in [1.165, 1.54) is 5.56 Å². The van der Waals surface area contributed by atoms with E-state index in [1.54, 1.807) is 24.5 Å². The van der Waals surface area contributed by atoms with Crippen molar-refractivity contribution in [3.8, 4) is 23.2 Å². The number of aromatic nitrogens is 3. The third-order valence-electron chi connectivity index (χ3n) is 5.16. The van der Waals surface area contributed by atoms with Crippen LogP contribution < -0.4 is 10.1 Å². The normalized spacial score (nSPS) is 19.1. The number of hydrogen-bond donors (Lipinski definition) is 2. The number of ether oxygens (including phenoxy) is 1. The van der Waals surface area contributed by atoms with E-state index >= 15 is 0 Å². The van der Waals surface area contributed by atoms with Crippen molar-refractivity contribution in [3.05, 3.63) is 66.0 Å². The van der Waals surface area contributed by atoms with Crippen molar-refractivity contribution in [1.29, 1.82) is 5.26 Å². The summed E-state index contributed by atoms with van der Waals surface area (Å²) in [6.07, 6.45) is 7.71. The summed E-state index contributed by atoms with van der Waals surface area (Å²) in [5, 5.41) is 19.5. The maximum atomic E-state index is 8.83. The molecule has 6 nitrogen and oxygen atoms in total. The number of rotatable bonds is 6. The van der Waals surface area contributed by atoms with E-state index in [-0.39, 0.29) is 6.10 Å². The molecular formula is C22H23N5O. The predicted molar refractivity (Wildman–Crippen MR) is 106 cm³/mol. The maximum Gasteiger partial charge on any atom is 0.213 e. The van der Waals surface area contributed by atoms with E-state index in [2.05, 4.69) is 50.8 Å². The molecule has 1 aromatic carbocycles. The molecule has 0 bridgehead atoms. The molecule has 142 valence electrons. The van der Waals surface area contributed by atoms with Crippen molar-refractivity contribution < 1.29 is 4.74 Å². The van der Waals surface area contributed by atoms with Crippen LogP contribution >= 0.6 is 0 Å². The standard InChI is InChI=1S/C22H23N5O/c23-13-17-4-9-22(25-15-17)28-20-7-5-19(6-8-20)24-14-16-2-1-3-18(12-16)21-10-11-26-27-21/h1-4,9-12,15,19-20,24H,5-8,14H2,(H,26,27). The Hall–Kier alpha value is -3.17. The van der Waals surface area contributed by atoms with Crippen LogP contribution in [0.4, 0.5) is 0 Å². The molecule has 0 unspecified atom stereocenters. The zero-order valence-electron chi connectivity index (χ0n) is 15.6. The number of nitrogens with one attached hydrogen (secondary N) is 2. The van der Waals surface area contributed by atoms with Gasteiger partial charge in [-0.05, 0) is 55.0 Å². The van der Waals surface area contributed by atoms with E-state index in [1.807, 2.05) is 6.07 Å². The molecule has 28 heavy (non-hydrogen) atoms. The van der Waals surface area contributed by atoms with Crippen LogP contribution in [0.2, 0.25) is 0 Å². The van der Waals surface area contributed by atoms with Gasteiger partial charge < -0.3 is 10.1 Å². The van der Waals surface area contributed by atoms with E-state index in [4.69, 9.17) is 10.00 Å². The van der Waals surface area contributed by atoms with Gasteiger partial charge in [0.2, 0.25) is 5.88 Å². The van der Waals surface area contributed by atoms with E-state index < -0.39 is 0 Å². The Morgan fingerprint density at radius 3 is 2.75 bits per heavy atom. The Labute approximate surface area is 164 Å². The van der Waals surface area contributed by atoms with Gasteiger partial charge in [-0.15, -0.1) is 0 Å². The van der Waals surface area contributed by atoms with Gasteiger partial charge in [-0.2, -0.15) is 10.4 Å². The fraction of sp³-hybridized carbons (Fsp3) is 0.318. The second kappa shape index (κ2) is 8.68. The molecule has 1 saturated carbocycles. The number of nitrogens with zero attached hydrogens (tertiary/aromatic N) is 3. The third kappa shape index (κ3) is 4.56. The lowest BCUT2D eigenvalue weighted by Gasteiger charge is -2.29. The number of H-pyrrole nitrogens is 1. The molecule has 2 heterocycles. The van der Waals surface area contributed by atoms with E-state index in [0.717, 1.165) is 43.5 Å². The molecular weight excluding hydrogens is 350 g/mol. The van der Waals surface area contributed by atoms with Crippen LogP contribution in [-0.2, 0) is 6.54 Å². The Morgan fingerprint density at radius 2 is 2.04 bits per heavy atom. The number of nitriles is 1. The highest BCUT2D eigenvalue weighted by Crippen LogP contribution is 2.24. The largest absolute Gasteiger partial charge is 0.474 e. The van der Waals surface area contributed by atoms with Gasteiger partial charge in [0.05, 0.1) is 11.3 Å². The minimum Gasteiger partial charge on any atom is -0.474 e. The summed E-state index contributed by atoms with van der Waals surface area (Å²) in [6.45, 7) is 0.856. The van der Waals surface area contributed by atoms with Gasteiger partial charge in [0.25, 0.3) is 0 Å². The Bertz CT molecular complexity index is 922. The molecule has 3 aromatic rings. The molecule has 4 rings (SSSR count). The van der Waals surface area contributed by atoms with Gasteiger partial charge in [0.1, 0.15) is 12.2 Å². The van der Waals surface area contributed by atoms with Gasteiger partial charge in [-0.25, -0.2) is 4.98 Å². The van der Waals surface area contributed by atoms with Crippen LogP contribution in [0, 0.1) is 11.3 Å². The zero-order valence-corrected chi connectivity index (χ0v) is 15.6. The molecule has 6 heteroatoms. The summed E-state index contributed by atoms with van der Waals surface area (Å²) in [6, 6.07) is 16.6. The zero-order chi connectivity index (χ0) is 19.2. The third-order valence-corrected chi connectivity index (χ3v) is 5.16. The monoisotopic (exact) mass is 373 g/mol. The van der Waals surface area contributed by atoms with Crippen LogP contribution in [0.25, 0.3) is 11.3 Å². The average Bonchev–Trinajstić information content (AvgIpc) is 3.29. The average molecular weight is 373 g/mol. The fourth-order valence-electron chi connectivity index (χ4n) is 3.60. The maximum absolute atomic E-state index is 8.83. The fourth-order valence-corrected chi connectivity index (χ4v) is 3.60. The first-order chi connectivity index (χ1) is 13.8. The van der Waals surface area contributed by atoms with Crippen molar-refractivity contribution in [2.24, 2.45) is 0 Å². The molecule has 0 saturated heterocycles. The van der Waals surface area contributed by atoms with Crippen LogP contribution in [0.1, 0.15) is 36.8 Å². The van der Waals surface area contributed by atoms with Crippen LogP contribution in [0.3, 0.4) is 0 Å². The van der Waals surface area contributed by atoms with Crippen LogP contribution in [0.5, 0.6) is 5.88 Å². The predicted octanol–water partition coefficient (Wildman–Crippen LogP) is 3.82. The SMILES string of the molecule is N#Cc1ccc(OC2CCC(NCc3cccc(-c4ccn[nH]4)c3)CC2)nc1. The summed E-state index contributed by atoms with van der Waals surface area (Å²) < 4.78 is 5.97. The van der Waals surface area contributed by atoms with Crippen molar-refractivity contribution in [3.63, 3.8) is 0 Å². The van der Waals surface area contributed by atoms with E-state index in [9.17, 15) is 0 Å². The summed E-state index contributed by atoms with van der Waals surface area (Å²) in [4.78, 5) is 4.20. The second-order valence-corrected chi connectivity index (χ2v) is 7.14. The Balaban J connectivity index is 1.24. The molecule has 0 spiro atoms. The molecule has 2 aromatic heterocycles. The van der Waals surface area contributed by atoms with Crippen LogP contribution in [-0.4, -0.2) is 27.3 Å². The Morgan fingerprint density at radius 1 is 1.14 bits per heavy atom. The van der Waals surface area contributed by atoms with Crippen molar-refractivity contribution in [2.45, 2.75) is 44.4 Å². The summed E-state index contributed by atoms with van der Waals surface area (Å²) >= 11 is 0. The minimum atomic E-state index is 0.196. The number of benzene rings is 1. The van der Waals surface area contributed by atoms with Crippen molar-refractivity contribution in [2.75, 3.05) is 0 Å². The van der Waals surface area contributed by atoms with Crippen molar-refractivity contribution in [1.82, 2.24) is 20.5 Å². The molecule has 0 atom stereocenters. The molecule has 0 radical (unpaired) electrons. The van der Waals surface area contributed by atoms with Crippen LogP contribution in [0.15, 0.2) is 54.9 Å². The summed E-state index contributed by atoms with van der Waals surface area (Å²) in [7, 11) is 0. The number of hydrogen-bond acceptors (Lipinski definition) is 5. The van der Waals surface area contributed by atoms with Gasteiger partial charge in [0.15, 0.2) is 0 Å². The highest BCUT2D eigenvalue weighted by Gasteiger charge is 2.22. The van der Waals surface area contributed by atoms with Crippen molar-refractivity contribution >= 4 is 0 Å². The van der Waals surface area contributed by atoms with Gasteiger partial charge in [0, 0.05) is 31.0 Å². The summed E-state index contributed by atoms with van der Waals surface area (Å²) in [5.41, 5.74) is 4.02. The lowest BCUT2D eigenvalue weighted by atomic mass is 9.92. The molecule has 1 fully saturated rings. The van der Waals surface area contributed by atoms with Gasteiger partial charge in [-0.3, -0.25) is 5.10 Å². The molecule has 1 aliphatic rings. The lowest BCUT2D eigenvalue weighted by Crippen LogP contribution is -2.36. The first kappa shape index (κ1) is 18.2. The number of pyridine rings is 1. The summed E-state index contributed by atoms with van der Waals surface area (Å²) in [5.74, 6) is 0.603. The first-order valence-electron chi connectivity index (χ1n) is 9.65. The molecule has 0 amide bonds. The Kier molecular flexibility index (Phi) is 5.64. The smallest absolute Gasteiger partial charge is 0.213 e. The quantitative estimate of drug-likeness (QED) is 0.686. The minimum absolute atomic E-state index is 0.196. The topological polar surface area (TPSA) is 86.6 Å². The molecule has 0 aliphatic heterocycles. The van der Waals surface area contributed by atoms with Gasteiger partial charge in [-0.1, -0.05) is 18.2 Å². The van der Waals surface area contributed by atoms with E-state index in [0.29, 0.717) is 17.5 Å². The number of aromatic amines is 1. The lowest BCUT2D eigenvalue weighted by molar-refractivity contribution is 0.134. The van der Waals surface area contributed by atoms with Gasteiger partial charge >= 0.3 is 0 Å². The first-order valence-corrected chi connectivity index (χ1v) is 9.65. The second-order valence-electron chi connectivity index (χ2n) is 7.14. The highest BCUT2D eigenvalue weighted by molar-refractivity contribution is 5.59. The highest BCUT2D eigenvalue weighted by atomic mass is 16.5. The molecule has 2 N–H and O–H groups in total.